The molecule has 8 heteroatoms. The highest BCUT2D eigenvalue weighted by atomic mass is 35.5. The first-order chi connectivity index (χ1) is 16.1. The van der Waals surface area contributed by atoms with E-state index in [1.54, 1.807) is 49.4 Å². The van der Waals surface area contributed by atoms with Crippen molar-refractivity contribution >= 4 is 38.9 Å². The third kappa shape index (κ3) is 5.21. The van der Waals surface area contributed by atoms with Crippen LogP contribution in [0.5, 0.6) is 0 Å². The monoisotopic (exact) mass is 497 g/mol. The first kappa shape index (κ1) is 24.1. The Bertz CT molecular complexity index is 1320. The van der Waals surface area contributed by atoms with Crippen LogP contribution in [0.3, 0.4) is 0 Å². The number of nitrogens with one attached hydrogen (secondary N) is 1. The van der Waals surface area contributed by atoms with E-state index < -0.39 is 10.0 Å². The summed E-state index contributed by atoms with van der Waals surface area (Å²) in [6.45, 7) is 8.41. The third-order valence-electron chi connectivity index (χ3n) is 6.13. The van der Waals surface area contributed by atoms with E-state index in [1.165, 1.54) is 0 Å². The molecule has 1 amide bonds. The van der Waals surface area contributed by atoms with Crippen molar-refractivity contribution in [2.24, 2.45) is 0 Å². The number of amides is 1. The van der Waals surface area contributed by atoms with Crippen LogP contribution < -0.4 is 9.62 Å². The molecule has 0 unspecified atom stereocenters. The molecule has 0 atom stereocenters. The number of carbonyl (C=O) groups excluding carboxylic acids is 1. The number of aryl methyl sites for hydroxylation is 3. The van der Waals surface area contributed by atoms with Crippen molar-refractivity contribution in [3.8, 4) is 0 Å². The first-order valence-corrected chi connectivity index (χ1v) is 13.0. The number of nitrogens with zero attached hydrogens (tertiary/aromatic N) is 2. The van der Waals surface area contributed by atoms with E-state index in [9.17, 15) is 13.2 Å². The molecule has 0 aromatic heterocycles. The maximum atomic E-state index is 13.1. The summed E-state index contributed by atoms with van der Waals surface area (Å²) in [7, 11) is -3.71. The molecule has 1 aliphatic rings. The molecular weight excluding hydrogens is 470 g/mol. The second-order valence-corrected chi connectivity index (χ2v) is 10.8. The van der Waals surface area contributed by atoms with Crippen LogP contribution in [0.2, 0.25) is 5.02 Å². The molecule has 6 nitrogen and oxygen atoms in total. The summed E-state index contributed by atoms with van der Waals surface area (Å²) >= 11 is 6.17. The Morgan fingerprint density at radius 3 is 2.18 bits per heavy atom. The van der Waals surface area contributed by atoms with Gasteiger partial charge in [0.1, 0.15) is 0 Å². The molecular formula is C26H28ClN3O3S. The van der Waals surface area contributed by atoms with Gasteiger partial charge < -0.3 is 9.80 Å². The fourth-order valence-electron chi connectivity index (χ4n) is 4.09. The fraction of sp³-hybridized carbons (Fsp3) is 0.269. The number of carbonyl (C=O) groups is 1. The number of piperazine rings is 1. The van der Waals surface area contributed by atoms with Crippen molar-refractivity contribution in [2.45, 2.75) is 25.7 Å². The second-order valence-electron chi connectivity index (χ2n) is 8.66. The minimum Gasteiger partial charge on any atom is -0.368 e. The van der Waals surface area contributed by atoms with Crippen LogP contribution in [0.4, 0.5) is 11.4 Å². The molecule has 1 heterocycles. The molecule has 1 saturated heterocycles. The Kier molecular flexibility index (Phi) is 6.86. The molecule has 0 radical (unpaired) electrons. The van der Waals surface area contributed by atoms with Gasteiger partial charge in [-0.1, -0.05) is 35.4 Å². The number of hydrogen-bond donors (Lipinski definition) is 1. The summed E-state index contributed by atoms with van der Waals surface area (Å²) in [5, 5.41) is 0.702. The van der Waals surface area contributed by atoms with Crippen LogP contribution in [-0.4, -0.2) is 45.4 Å². The number of benzene rings is 3. The minimum atomic E-state index is -3.71. The van der Waals surface area contributed by atoms with E-state index in [2.05, 4.69) is 16.5 Å². The average Bonchev–Trinajstić information content (AvgIpc) is 2.82. The van der Waals surface area contributed by atoms with Gasteiger partial charge in [-0.15, -0.1) is 0 Å². The Labute approximate surface area is 206 Å². The van der Waals surface area contributed by atoms with Gasteiger partial charge in [0, 0.05) is 42.5 Å². The van der Waals surface area contributed by atoms with Crippen molar-refractivity contribution < 1.29 is 13.2 Å². The van der Waals surface area contributed by atoms with Gasteiger partial charge in [0.15, 0.2) is 0 Å². The van der Waals surface area contributed by atoms with Crippen molar-refractivity contribution in [2.75, 3.05) is 35.8 Å². The lowest BCUT2D eigenvalue weighted by atomic mass is 10.1. The lowest BCUT2D eigenvalue weighted by molar-refractivity contribution is 0.0746. The predicted molar refractivity (Wildman–Crippen MR) is 137 cm³/mol. The Hall–Kier alpha value is -3.03. The van der Waals surface area contributed by atoms with Crippen molar-refractivity contribution in [3.63, 3.8) is 0 Å². The zero-order chi connectivity index (χ0) is 24.5. The normalized spacial score (nSPS) is 14.2. The van der Waals surface area contributed by atoms with Crippen LogP contribution in [0.15, 0.2) is 65.6 Å². The van der Waals surface area contributed by atoms with Crippen molar-refractivity contribution in [1.82, 2.24) is 4.90 Å². The zero-order valence-corrected chi connectivity index (χ0v) is 21.1. The van der Waals surface area contributed by atoms with E-state index in [0.29, 0.717) is 34.9 Å². The van der Waals surface area contributed by atoms with Crippen LogP contribution in [0, 0.1) is 20.8 Å². The molecule has 34 heavy (non-hydrogen) atoms. The highest BCUT2D eigenvalue weighted by molar-refractivity contribution is 7.92. The molecule has 0 bridgehead atoms. The van der Waals surface area contributed by atoms with E-state index in [0.717, 1.165) is 29.9 Å². The van der Waals surface area contributed by atoms with Crippen molar-refractivity contribution in [1.29, 1.82) is 0 Å². The summed E-state index contributed by atoms with van der Waals surface area (Å²) in [5.74, 6) is -0.0569. The summed E-state index contributed by atoms with van der Waals surface area (Å²) < 4.78 is 28.1. The lowest BCUT2D eigenvalue weighted by Crippen LogP contribution is -2.49. The smallest absolute Gasteiger partial charge is 0.261 e. The summed E-state index contributed by atoms with van der Waals surface area (Å²) in [6.07, 6.45) is 0. The highest BCUT2D eigenvalue weighted by Crippen LogP contribution is 2.26. The van der Waals surface area contributed by atoms with Gasteiger partial charge in [0.05, 0.1) is 10.6 Å². The maximum Gasteiger partial charge on any atom is 0.261 e. The SMILES string of the molecule is Cc1ccc(S(=O)(=O)Nc2ccc(C(=O)N3CCN(c4cc(Cl)ccc4C)CC3)cc2C)cc1. The van der Waals surface area contributed by atoms with Gasteiger partial charge >= 0.3 is 0 Å². The topological polar surface area (TPSA) is 69.7 Å². The predicted octanol–water partition coefficient (Wildman–Crippen LogP) is 5.03. The van der Waals surface area contributed by atoms with E-state index >= 15 is 0 Å². The Balaban J connectivity index is 1.43. The number of hydrogen-bond acceptors (Lipinski definition) is 4. The molecule has 1 N–H and O–H groups in total. The van der Waals surface area contributed by atoms with Gasteiger partial charge in [-0.25, -0.2) is 8.42 Å². The van der Waals surface area contributed by atoms with Gasteiger partial charge in [-0.3, -0.25) is 9.52 Å². The minimum absolute atomic E-state index is 0.0569. The average molecular weight is 498 g/mol. The maximum absolute atomic E-state index is 13.1. The molecule has 0 spiro atoms. The lowest BCUT2D eigenvalue weighted by Gasteiger charge is -2.37. The molecule has 3 aromatic rings. The Morgan fingerprint density at radius 1 is 0.853 bits per heavy atom. The molecule has 178 valence electrons. The van der Waals surface area contributed by atoms with Crippen LogP contribution in [-0.2, 0) is 10.0 Å². The molecule has 3 aromatic carbocycles. The second kappa shape index (κ2) is 9.68. The van der Waals surface area contributed by atoms with Crippen LogP contribution in [0.1, 0.15) is 27.0 Å². The summed E-state index contributed by atoms with van der Waals surface area (Å²) in [6, 6.07) is 17.6. The standard InChI is InChI=1S/C26H28ClN3O3S/c1-18-4-9-23(10-5-18)34(32,33)28-24-11-7-21(16-20(24)3)26(31)30-14-12-29(13-15-30)25-17-22(27)8-6-19(25)2/h4-11,16-17,28H,12-15H2,1-3H3. The van der Waals surface area contributed by atoms with E-state index in [4.69, 9.17) is 11.6 Å². The van der Waals surface area contributed by atoms with Gasteiger partial charge in [-0.05, 0) is 74.4 Å². The molecule has 1 aliphatic heterocycles. The molecule has 0 saturated carbocycles. The quantitative estimate of drug-likeness (QED) is 0.537. The molecule has 1 fully saturated rings. The first-order valence-electron chi connectivity index (χ1n) is 11.1. The number of anilines is 2. The van der Waals surface area contributed by atoms with E-state index in [-0.39, 0.29) is 10.8 Å². The third-order valence-corrected chi connectivity index (χ3v) is 7.74. The van der Waals surface area contributed by atoms with Gasteiger partial charge in [-0.2, -0.15) is 0 Å². The number of sulfonamides is 1. The summed E-state index contributed by atoms with van der Waals surface area (Å²) in [4.78, 5) is 17.4. The van der Waals surface area contributed by atoms with Gasteiger partial charge in [0.2, 0.25) is 0 Å². The fourth-order valence-corrected chi connectivity index (χ4v) is 5.39. The molecule has 4 rings (SSSR count). The van der Waals surface area contributed by atoms with Crippen LogP contribution in [0.25, 0.3) is 0 Å². The number of rotatable bonds is 5. The molecule has 0 aliphatic carbocycles. The number of halogens is 1. The summed E-state index contributed by atoms with van der Waals surface area (Å²) in [5.41, 5.74) is 4.93. The van der Waals surface area contributed by atoms with Gasteiger partial charge in [0.25, 0.3) is 15.9 Å². The van der Waals surface area contributed by atoms with Crippen molar-refractivity contribution in [3.05, 3.63) is 87.9 Å². The van der Waals surface area contributed by atoms with E-state index in [1.807, 2.05) is 30.0 Å². The highest BCUT2D eigenvalue weighted by Gasteiger charge is 2.24. The zero-order valence-electron chi connectivity index (χ0n) is 19.5. The Morgan fingerprint density at radius 2 is 1.53 bits per heavy atom. The largest absolute Gasteiger partial charge is 0.368 e. The van der Waals surface area contributed by atoms with Crippen LogP contribution >= 0.6 is 11.6 Å².